The average molecular weight is 276 g/mol. The number of hydrogen-bond acceptors (Lipinski definition) is 5. The van der Waals surface area contributed by atoms with Gasteiger partial charge in [-0.3, -0.25) is 15.0 Å². The largest absolute Gasteiger partial charge is 0.439 e. The first-order valence-corrected chi connectivity index (χ1v) is 6.17. The van der Waals surface area contributed by atoms with E-state index in [-0.39, 0.29) is 6.42 Å². The van der Waals surface area contributed by atoms with Gasteiger partial charge in [0.05, 0.1) is 6.54 Å². The first kappa shape index (κ1) is 14.0. The Hall–Kier alpha value is -2.41. The van der Waals surface area contributed by atoms with E-state index >= 15 is 0 Å². The maximum Gasteiger partial charge on any atom is 0.318 e. The maximum atomic E-state index is 11.3. The van der Waals surface area contributed by atoms with Crippen molar-refractivity contribution >= 4 is 23.0 Å². The molecule has 0 fully saturated rings. The van der Waals surface area contributed by atoms with Crippen LogP contribution in [0, 0.1) is 0 Å². The van der Waals surface area contributed by atoms with Crippen molar-refractivity contribution in [3.05, 3.63) is 30.2 Å². The number of nitrogens with zero attached hydrogens (tertiary/aromatic N) is 2. The van der Waals surface area contributed by atoms with Gasteiger partial charge < -0.3 is 10.2 Å². The lowest BCUT2D eigenvalue weighted by atomic mass is 10.3. The normalized spacial score (nSPS) is 10.9. The predicted octanol–water partition coefficient (Wildman–Crippen LogP) is 0.845. The van der Waals surface area contributed by atoms with Gasteiger partial charge in [-0.25, -0.2) is 9.78 Å². The van der Waals surface area contributed by atoms with Crippen LogP contribution in [0.25, 0.3) is 11.1 Å². The summed E-state index contributed by atoms with van der Waals surface area (Å²) in [5.41, 5.74) is 6.40. The Bertz CT molecular complexity index is 590. The minimum absolute atomic E-state index is 0.180. The number of amides is 3. The van der Waals surface area contributed by atoms with Crippen molar-refractivity contribution in [1.29, 1.82) is 0 Å². The number of imide groups is 1. The lowest BCUT2D eigenvalue weighted by molar-refractivity contribution is -0.120. The number of para-hydroxylation sites is 2. The van der Waals surface area contributed by atoms with Gasteiger partial charge in [0.25, 0.3) is 0 Å². The number of carbonyl (C=O) groups is 2. The molecule has 0 aliphatic carbocycles. The summed E-state index contributed by atoms with van der Waals surface area (Å²) in [6.07, 6.45) is 0.180. The third kappa shape index (κ3) is 3.79. The number of urea groups is 1. The molecule has 106 valence electrons. The van der Waals surface area contributed by atoms with Gasteiger partial charge in [-0.05, 0) is 19.2 Å². The number of fused-ring (bicyclic) bond motifs is 1. The van der Waals surface area contributed by atoms with E-state index in [1.807, 2.05) is 41.5 Å². The van der Waals surface area contributed by atoms with Crippen LogP contribution in [-0.4, -0.2) is 35.4 Å². The molecule has 3 N–H and O–H groups in total. The molecule has 0 spiro atoms. The van der Waals surface area contributed by atoms with E-state index in [1.54, 1.807) is 0 Å². The van der Waals surface area contributed by atoms with Crippen LogP contribution < -0.4 is 11.1 Å². The third-order valence-corrected chi connectivity index (χ3v) is 2.73. The number of rotatable bonds is 5. The van der Waals surface area contributed by atoms with E-state index in [0.29, 0.717) is 19.0 Å². The van der Waals surface area contributed by atoms with Crippen LogP contribution in [-0.2, 0) is 11.3 Å². The lowest BCUT2D eigenvalue weighted by Gasteiger charge is -2.13. The molecule has 7 nitrogen and oxygen atoms in total. The molecule has 0 saturated heterocycles. The number of carbonyl (C=O) groups excluding carboxylic acids is 2. The van der Waals surface area contributed by atoms with Crippen LogP contribution in [0.2, 0.25) is 0 Å². The van der Waals surface area contributed by atoms with Crippen molar-refractivity contribution in [3.8, 4) is 0 Å². The summed E-state index contributed by atoms with van der Waals surface area (Å²) in [5.74, 6) is 0.186. The molecule has 0 radical (unpaired) electrons. The van der Waals surface area contributed by atoms with Crippen LogP contribution in [0.4, 0.5) is 4.79 Å². The zero-order valence-corrected chi connectivity index (χ0v) is 11.1. The zero-order chi connectivity index (χ0) is 14.5. The highest BCUT2D eigenvalue weighted by Crippen LogP contribution is 2.15. The van der Waals surface area contributed by atoms with Crippen molar-refractivity contribution < 1.29 is 14.0 Å². The second kappa shape index (κ2) is 6.16. The highest BCUT2D eigenvalue weighted by molar-refractivity contribution is 5.93. The van der Waals surface area contributed by atoms with Gasteiger partial charge in [0.2, 0.25) is 11.8 Å². The van der Waals surface area contributed by atoms with Crippen molar-refractivity contribution in [2.45, 2.75) is 13.0 Å². The van der Waals surface area contributed by atoms with Crippen molar-refractivity contribution in [3.63, 3.8) is 0 Å². The van der Waals surface area contributed by atoms with Gasteiger partial charge in [0.1, 0.15) is 5.52 Å². The van der Waals surface area contributed by atoms with E-state index in [0.717, 1.165) is 11.1 Å². The zero-order valence-electron chi connectivity index (χ0n) is 11.1. The Morgan fingerprint density at radius 1 is 1.40 bits per heavy atom. The molecule has 20 heavy (non-hydrogen) atoms. The monoisotopic (exact) mass is 276 g/mol. The molecule has 0 aliphatic rings. The first-order chi connectivity index (χ1) is 9.54. The summed E-state index contributed by atoms with van der Waals surface area (Å²) in [6, 6.07) is 6.67. The quantitative estimate of drug-likeness (QED) is 0.842. The van der Waals surface area contributed by atoms with Gasteiger partial charge in [-0.1, -0.05) is 12.1 Å². The molecular weight excluding hydrogens is 260 g/mol. The van der Waals surface area contributed by atoms with E-state index in [2.05, 4.69) is 4.98 Å². The number of benzene rings is 1. The fourth-order valence-corrected chi connectivity index (χ4v) is 1.79. The van der Waals surface area contributed by atoms with Gasteiger partial charge in [0, 0.05) is 13.0 Å². The molecule has 2 aromatic rings. The molecule has 7 heteroatoms. The number of oxazole rings is 1. The Kier molecular flexibility index (Phi) is 4.31. The van der Waals surface area contributed by atoms with Crippen LogP contribution in [0.3, 0.4) is 0 Å². The lowest BCUT2D eigenvalue weighted by Crippen LogP contribution is -2.36. The van der Waals surface area contributed by atoms with E-state index in [1.165, 1.54) is 0 Å². The van der Waals surface area contributed by atoms with Gasteiger partial charge in [0.15, 0.2) is 5.58 Å². The van der Waals surface area contributed by atoms with Gasteiger partial charge in [-0.15, -0.1) is 0 Å². The molecule has 0 saturated carbocycles. The first-order valence-electron chi connectivity index (χ1n) is 6.17. The summed E-state index contributed by atoms with van der Waals surface area (Å²) in [7, 11) is 1.84. The Morgan fingerprint density at radius 3 is 2.85 bits per heavy atom. The molecule has 0 unspecified atom stereocenters. The fraction of sp³-hybridized carbons (Fsp3) is 0.308. The molecular formula is C13H16N4O3. The van der Waals surface area contributed by atoms with E-state index in [9.17, 15) is 9.59 Å². The number of nitrogens with one attached hydrogen (secondary N) is 1. The fourth-order valence-electron chi connectivity index (χ4n) is 1.79. The smallest absolute Gasteiger partial charge is 0.318 e. The molecule has 1 aromatic heterocycles. The minimum atomic E-state index is -0.836. The number of primary amides is 1. The van der Waals surface area contributed by atoms with Crippen LogP contribution in [0.15, 0.2) is 28.7 Å². The Labute approximate surface area is 115 Å². The van der Waals surface area contributed by atoms with Gasteiger partial charge >= 0.3 is 6.03 Å². The van der Waals surface area contributed by atoms with Crippen molar-refractivity contribution in [2.75, 3.05) is 13.6 Å². The standard InChI is InChI=1S/C13H16N4O3/c1-17(7-6-11(18)16-13(14)19)8-12-15-9-4-2-3-5-10(9)20-12/h2-5H,6-8H2,1H3,(H3,14,16,18,19). The summed E-state index contributed by atoms with van der Waals surface area (Å²) in [6.45, 7) is 0.955. The number of hydrogen-bond donors (Lipinski definition) is 2. The average Bonchev–Trinajstić information content (AvgIpc) is 2.77. The van der Waals surface area contributed by atoms with Crippen LogP contribution in [0.1, 0.15) is 12.3 Å². The predicted molar refractivity (Wildman–Crippen MR) is 72.7 cm³/mol. The van der Waals surface area contributed by atoms with E-state index in [4.69, 9.17) is 10.2 Å². The highest BCUT2D eigenvalue weighted by Gasteiger charge is 2.10. The van der Waals surface area contributed by atoms with Crippen molar-refractivity contribution in [2.24, 2.45) is 5.73 Å². The second-order valence-corrected chi connectivity index (χ2v) is 4.48. The second-order valence-electron chi connectivity index (χ2n) is 4.48. The molecule has 2 rings (SSSR count). The molecule has 0 bridgehead atoms. The summed E-state index contributed by atoms with van der Waals surface area (Å²) in [4.78, 5) is 28.0. The maximum absolute atomic E-state index is 11.3. The summed E-state index contributed by atoms with van der Waals surface area (Å²) in [5, 5.41) is 2.02. The Balaban J connectivity index is 1.86. The number of nitrogens with two attached hydrogens (primary N) is 1. The third-order valence-electron chi connectivity index (χ3n) is 2.73. The molecule has 0 atom stereocenters. The van der Waals surface area contributed by atoms with E-state index < -0.39 is 11.9 Å². The molecule has 1 aromatic carbocycles. The van der Waals surface area contributed by atoms with Gasteiger partial charge in [-0.2, -0.15) is 0 Å². The SMILES string of the molecule is CN(CCC(=O)NC(N)=O)Cc1nc2ccccc2o1. The Morgan fingerprint density at radius 2 is 2.15 bits per heavy atom. The molecule has 3 amide bonds. The minimum Gasteiger partial charge on any atom is -0.439 e. The molecule has 0 aliphatic heterocycles. The van der Waals surface area contributed by atoms with Crippen molar-refractivity contribution in [1.82, 2.24) is 15.2 Å². The summed E-state index contributed by atoms with van der Waals surface area (Å²) < 4.78 is 5.58. The molecule has 1 heterocycles. The summed E-state index contributed by atoms with van der Waals surface area (Å²) >= 11 is 0. The number of aromatic nitrogens is 1. The topological polar surface area (TPSA) is 101 Å². The van der Waals surface area contributed by atoms with Crippen LogP contribution in [0.5, 0.6) is 0 Å². The highest BCUT2D eigenvalue weighted by atomic mass is 16.3. The van der Waals surface area contributed by atoms with Crippen LogP contribution >= 0.6 is 0 Å².